The summed E-state index contributed by atoms with van der Waals surface area (Å²) in [6.07, 6.45) is 6.57. The molecule has 0 radical (unpaired) electrons. The van der Waals surface area contributed by atoms with Crippen molar-refractivity contribution in [2.75, 3.05) is 32.0 Å². The lowest BCUT2D eigenvalue weighted by molar-refractivity contribution is -0.131. The van der Waals surface area contributed by atoms with Gasteiger partial charge in [-0.15, -0.1) is 0 Å². The highest BCUT2D eigenvalue weighted by molar-refractivity contribution is 5.78. The molecule has 1 unspecified atom stereocenters. The first-order valence-corrected chi connectivity index (χ1v) is 9.29. The number of likely N-dealkylation sites (tertiary alicyclic amines) is 1. The number of amides is 1. The van der Waals surface area contributed by atoms with E-state index in [9.17, 15) is 9.18 Å². The normalized spacial score (nSPS) is 17.1. The summed E-state index contributed by atoms with van der Waals surface area (Å²) in [4.78, 5) is 27.2. The Morgan fingerprint density at radius 3 is 3.07 bits per heavy atom. The maximum atomic E-state index is 13.6. The van der Waals surface area contributed by atoms with Gasteiger partial charge in [0.2, 0.25) is 5.91 Å². The number of pyridine rings is 1. The molecule has 3 aromatic heterocycles. The van der Waals surface area contributed by atoms with E-state index in [1.54, 1.807) is 36.0 Å². The molecule has 9 heteroatoms. The Balaban J connectivity index is 1.52. The molecule has 1 fully saturated rings. The molecule has 0 aromatic carbocycles. The van der Waals surface area contributed by atoms with E-state index < -0.39 is 0 Å². The Hall–Kier alpha value is -3.07. The molecule has 0 spiro atoms. The number of imidazole rings is 1. The van der Waals surface area contributed by atoms with Crippen LogP contribution in [0.2, 0.25) is 0 Å². The van der Waals surface area contributed by atoms with Crippen LogP contribution in [0.5, 0.6) is 0 Å². The second-order valence-corrected chi connectivity index (χ2v) is 6.84. The van der Waals surface area contributed by atoms with Gasteiger partial charge < -0.3 is 15.5 Å². The Bertz CT molecular complexity index is 989. The largest absolute Gasteiger partial charge is 0.365 e. The van der Waals surface area contributed by atoms with Gasteiger partial charge >= 0.3 is 0 Å². The average molecular weight is 383 g/mol. The van der Waals surface area contributed by atoms with Crippen molar-refractivity contribution in [2.24, 2.45) is 0 Å². The standard InChI is InChI=1S/C19H22FN7O/c1-21-10-18(28)26-8-2-3-14(12-26)24-16-6-7-22-19(25-16)15-9-23-17-5-4-13(20)11-27(15)17/h4-7,9,11,14,21H,2-3,8,10,12H2,1H3,(H,22,24,25). The average Bonchev–Trinajstić information content (AvgIpc) is 3.11. The van der Waals surface area contributed by atoms with Crippen molar-refractivity contribution in [3.63, 3.8) is 0 Å². The zero-order valence-electron chi connectivity index (χ0n) is 15.6. The summed E-state index contributed by atoms with van der Waals surface area (Å²) in [7, 11) is 1.77. The first-order chi connectivity index (χ1) is 13.6. The quantitative estimate of drug-likeness (QED) is 0.695. The molecular formula is C19H22FN7O. The Morgan fingerprint density at radius 1 is 1.32 bits per heavy atom. The molecule has 2 N–H and O–H groups in total. The van der Waals surface area contributed by atoms with Gasteiger partial charge in [0.15, 0.2) is 5.82 Å². The van der Waals surface area contributed by atoms with Crippen LogP contribution in [0.1, 0.15) is 12.8 Å². The van der Waals surface area contributed by atoms with Crippen LogP contribution in [0.25, 0.3) is 17.2 Å². The molecule has 1 saturated heterocycles. The number of hydrogen-bond acceptors (Lipinski definition) is 6. The van der Waals surface area contributed by atoms with Crippen molar-refractivity contribution >= 4 is 17.4 Å². The number of hydrogen-bond donors (Lipinski definition) is 2. The molecule has 3 aromatic rings. The molecular weight excluding hydrogens is 361 g/mol. The van der Waals surface area contributed by atoms with Gasteiger partial charge in [-0.05, 0) is 38.1 Å². The minimum Gasteiger partial charge on any atom is -0.365 e. The molecule has 0 saturated carbocycles. The summed E-state index contributed by atoms with van der Waals surface area (Å²) in [6.45, 7) is 1.76. The van der Waals surface area contributed by atoms with Crippen molar-refractivity contribution < 1.29 is 9.18 Å². The molecule has 1 aliphatic rings. The lowest BCUT2D eigenvalue weighted by Crippen LogP contribution is -2.47. The van der Waals surface area contributed by atoms with Crippen LogP contribution in [0.4, 0.5) is 10.2 Å². The number of rotatable bonds is 5. The fourth-order valence-electron chi connectivity index (χ4n) is 3.48. The molecule has 1 amide bonds. The van der Waals surface area contributed by atoms with Gasteiger partial charge in [0.25, 0.3) is 0 Å². The van der Waals surface area contributed by atoms with E-state index in [4.69, 9.17) is 0 Å². The van der Waals surface area contributed by atoms with Gasteiger partial charge in [0.05, 0.1) is 12.7 Å². The molecule has 0 aliphatic carbocycles. The molecule has 146 valence electrons. The van der Waals surface area contributed by atoms with E-state index in [1.807, 2.05) is 4.90 Å². The second kappa shape index (κ2) is 7.89. The minimum absolute atomic E-state index is 0.102. The second-order valence-electron chi connectivity index (χ2n) is 6.84. The van der Waals surface area contributed by atoms with Crippen molar-refractivity contribution in [1.29, 1.82) is 0 Å². The van der Waals surface area contributed by atoms with E-state index in [-0.39, 0.29) is 17.8 Å². The Labute approximate surface area is 161 Å². The lowest BCUT2D eigenvalue weighted by atomic mass is 10.1. The fraction of sp³-hybridized carbons (Fsp3) is 0.368. The number of nitrogens with zero attached hydrogens (tertiary/aromatic N) is 5. The predicted molar refractivity (Wildman–Crippen MR) is 103 cm³/mol. The molecule has 1 atom stereocenters. The number of anilines is 1. The third-order valence-electron chi connectivity index (χ3n) is 4.81. The Kier molecular flexibility index (Phi) is 5.16. The fourth-order valence-corrected chi connectivity index (χ4v) is 3.48. The monoisotopic (exact) mass is 383 g/mol. The number of carbonyl (C=O) groups is 1. The highest BCUT2D eigenvalue weighted by Crippen LogP contribution is 2.20. The number of carbonyl (C=O) groups excluding carboxylic acids is 1. The van der Waals surface area contributed by atoms with Gasteiger partial charge in [-0.3, -0.25) is 9.20 Å². The third kappa shape index (κ3) is 3.79. The molecule has 4 rings (SSSR count). The number of halogens is 1. The van der Waals surface area contributed by atoms with E-state index in [1.165, 1.54) is 12.3 Å². The number of piperidine rings is 1. The maximum Gasteiger partial charge on any atom is 0.236 e. The number of nitrogens with one attached hydrogen (secondary N) is 2. The van der Waals surface area contributed by atoms with Crippen LogP contribution in [0, 0.1) is 5.82 Å². The molecule has 4 heterocycles. The molecule has 1 aliphatic heterocycles. The summed E-state index contributed by atoms with van der Waals surface area (Å²) < 4.78 is 15.2. The SMILES string of the molecule is CNCC(=O)N1CCCC(Nc2ccnc(-c3cnc4ccc(F)cn34)n2)C1. The summed E-state index contributed by atoms with van der Waals surface area (Å²) in [6, 6.07) is 4.90. The van der Waals surface area contributed by atoms with Crippen molar-refractivity contribution in [2.45, 2.75) is 18.9 Å². The summed E-state index contributed by atoms with van der Waals surface area (Å²) in [5.74, 6) is 0.881. The van der Waals surface area contributed by atoms with Crippen LogP contribution in [0.15, 0.2) is 36.8 Å². The number of fused-ring (bicyclic) bond motifs is 1. The van der Waals surface area contributed by atoms with Crippen LogP contribution in [-0.4, -0.2) is 62.9 Å². The van der Waals surface area contributed by atoms with Crippen molar-refractivity contribution in [3.8, 4) is 11.5 Å². The summed E-state index contributed by atoms with van der Waals surface area (Å²) in [5, 5.41) is 6.30. The van der Waals surface area contributed by atoms with E-state index in [0.717, 1.165) is 19.4 Å². The van der Waals surface area contributed by atoms with Gasteiger partial charge in [-0.2, -0.15) is 0 Å². The number of likely N-dealkylation sites (N-methyl/N-ethyl adjacent to an activating group) is 1. The highest BCUT2D eigenvalue weighted by Gasteiger charge is 2.23. The summed E-state index contributed by atoms with van der Waals surface area (Å²) in [5.41, 5.74) is 1.25. The van der Waals surface area contributed by atoms with Gasteiger partial charge in [-0.1, -0.05) is 0 Å². The highest BCUT2D eigenvalue weighted by atomic mass is 19.1. The Morgan fingerprint density at radius 2 is 2.21 bits per heavy atom. The van der Waals surface area contributed by atoms with Gasteiger partial charge in [0.1, 0.15) is 23.0 Å². The van der Waals surface area contributed by atoms with Crippen LogP contribution in [0.3, 0.4) is 0 Å². The van der Waals surface area contributed by atoms with Crippen molar-refractivity contribution in [1.82, 2.24) is 29.6 Å². The van der Waals surface area contributed by atoms with Crippen LogP contribution in [-0.2, 0) is 4.79 Å². The first kappa shape index (κ1) is 18.3. The topological polar surface area (TPSA) is 87.5 Å². The summed E-state index contributed by atoms with van der Waals surface area (Å²) >= 11 is 0. The zero-order chi connectivity index (χ0) is 19.5. The smallest absolute Gasteiger partial charge is 0.236 e. The van der Waals surface area contributed by atoms with Gasteiger partial charge in [-0.25, -0.2) is 19.3 Å². The lowest BCUT2D eigenvalue weighted by Gasteiger charge is -2.33. The minimum atomic E-state index is -0.352. The third-order valence-corrected chi connectivity index (χ3v) is 4.81. The van der Waals surface area contributed by atoms with E-state index >= 15 is 0 Å². The predicted octanol–water partition coefficient (Wildman–Crippen LogP) is 1.55. The van der Waals surface area contributed by atoms with Gasteiger partial charge in [0, 0.05) is 31.5 Å². The van der Waals surface area contributed by atoms with Crippen LogP contribution >= 0.6 is 0 Å². The van der Waals surface area contributed by atoms with Crippen LogP contribution < -0.4 is 10.6 Å². The zero-order valence-corrected chi connectivity index (χ0v) is 15.6. The molecule has 0 bridgehead atoms. The molecule has 8 nitrogen and oxygen atoms in total. The maximum absolute atomic E-state index is 13.6. The molecule has 28 heavy (non-hydrogen) atoms. The first-order valence-electron chi connectivity index (χ1n) is 9.29. The van der Waals surface area contributed by atoms with E-state index in [0.29, 0.717) is 36.1 Å². The van der Waals surface area contributed by atoms with E-state index in [2.05, 4.69) is 25.6 Å². The number of aromatic nitrogens is 4. The van der Waals surface area contributed by atoms with Crippen molar-refractivity contribution in [3.05, 3.63) is 42.6 Å².